The van der Waals surface area contributed by atoms with Gasteiger partial charge in [0.05, 0.1) is 4.92 Å². The van der Waals surface area contributed by atoms with Gasteiger partial charge in [-0.2, -0.15) is 0 Å². The van der Waals surface area contributed by atoms with Crippen molar-refractivity contribution in [2.45, 2.75) is 18.2 Å². The Balaban J connectivity index is 3.23. The molecule has 0 fully saturated rings. The third kappa shape index (κ3) is 4.45. The molecule has 0 bridgehead atoms. The third-order valence-corrected chi connectivity index (χ3v) is 3.46. The second kappa shape index (κ2) is 7.63. The molecule has 8 heteroatoms. The van der Waals surface area contributed by atoms with Gasteiger partial charge in [-0.1, -0.05) is 6.92 Å². The molecule has 21 heavy (non-hydrogen) atoms. The molecular weight excluding hydrogens is 296 g/mol. The molecular formula is C13H16N2O5S. The summed E-state index contributed by atoms with van der Waals surface area (Å²) in [6, 6.07) is 4.25. The Morgan fingerprint density at radius 1 is 1.43 bits per heavy atom. The summed E-state index contributed by atoms with van der Waals surface area (Å²) >= 11 is 1.35. The van der Waals surface area contributed by atoms with Crippen molar-refractivity contribution in [1.82, 2.24) is 4.90 Å². The SMILES string of the molecule is CCCN(CC(=O)O)C(=O)c1cc(SC)ccc1[N+](=O)[O-]. The van der Waals surface area contributed by atoms with E-state index in [2.05, 4.69) is 0 Å². The van der Waals surface area contributed by atoms with Crippen molar-refractivity contribution in [2.24, 2.45) is 0 Å². The smallest absolute Gasteiger partial charge is 0.323 e. The summed E-state index contributed by atoms with van der Waals surface area (Å²) in [6.07, 6.45) is 2.35. The minimum absolute atomic E-state index is 0.0819. The van der Waals surface area contributed by atoms with Gasteiger partial charge in [-0.05, 0) is 24.8 Å². The summed E-state index contributed by atoms with van der Waals surface area (Å²) < 4.78 is 0. The number of carbonyl (C=O) groups is 2. The molecule has 0 radical (unpaired) electrons. The number of nitro benzene ring substituents is 1. The monoisotopic (exact) mass is 312 g/mol. The molecule has 1 amide bonds. The number of carboxylic acid groups (broad SMARTS) is 1. The molecule has 1 aromatic carbocycles. The predicted molar refractivity (Wildman–Crippen MR) is 78.7 cm³/mol. The molecule has 0 saturated carbocycles. The van der Waals surface area contributed by atoms with Gasteiger partial charge in [0.15, 0.2) is 0 Å². The highest BCUT2D eigenvalue weighted by atomic mass is 32.2. The van der Waals surface area contributed by atoms with Gasteiger partial charge in [0.2, 0.25) is 0 Å². The summed E-state index contributed by atoms with van der Waals surface area (Å²) in [5.74, 6) is -1.79. The van der Waals surface area contributed by atoms with Crippen molar-refractivity contribution >= 4 is 29.3 Å². The molecule has 0 unspecified atom stereocenters. The second-order valence-electron chi connectivity index (χ2n) is 4.26. The number of aliphatic carboxylic acids is 1. The van der Waals surface area contributed by atoms with Gasteiger partial charge in [-0.25, -0.2) is 0 Å². The fourth-order valence-electron chi connectivity index (χ4n) is 1.83. The van der Waals surface area contributed by atoms with Gasteiger partial charge < -0.3 is 10.0 Å². The first kappa shape index (κ1) is 17.0. The van der Waals surface area contributed by atoms with E-state index in [0.29, 0.717) is 11.3 Å². The average Bonchev–Trinajstić information content (AvgIpc) is 2.44. The number of nitro groups is 1. The molecule has 0 aliphatic rings. The number of hydrogen-bond donors (Lipinski definition) is 1. The number of nitrogens with zero attached hydrogens (tertiary/aromatic N) is 2. The molecule has 1 aromatic rings. The minimum atomic E-state index is -1.15. The van der Waals surface area contributed by atoms with Crippen LogP contribution in [0, 0.1) is 10.1 Å². The van der Waals surface area contributed by atoms with Gasteiger partial charge in [0.25, 0.3) is 11.6 Å². The molecule has 1 N–H and O–H groups in total. The van der Waals surface area contributed by atoms with E-state index >= 15 is 0 Å². The first-order chi connectivity index (χ1) is 9.90. The highest BCUT2D eigenvalue weighted by Crippen LogP contribution is 2.26. The molecule has 0 heterocycles. The lowest BCUT2D eigenvalue weighted by molar-refractivity contribution is -0.385. The second-order valence-corrected chi connectivity index (χ2v) is 5.14. The van der Waals surface area contributed by atoms with Crippen molar-refractivity contribution in [3.8, 4) is 0 Å². The number of thioether (sulfide) groups is 1. The number of hydrogen-bond acceptors (Lipinski definition) is 5. The maximum absolute atomic E-state index is 12.4. The quantitative estimate of drug-likeness (QED) is 0.471. The Morgan fingerprint density at radius 3 is 2.57 bits per heavy atom. The van der Waals surface area contributed by atoms with E-state index in [9.17, 15) is 19.7 Å². The number of carboxylic acids is 1. The van der Waals surface area contributed by atoms with Crippen LogP contribution >= 0.6 is 11.8 Å². The van der Waals surface area contributed by atoms with Crippen molar-refractivity contribution in [2.75, 3.05) is 19.3 Å². The Hall–Kier alpha value is -2.09. The average molecular weight is 312 g/mol. The van der Waals surface area contributed by atoms with Crippen LogP contribution in [0.25, 0.3) is 0 Å². The number of benzene rings is 1. The summed E-state index contributed by atoms with van der Waals surface area (Å²) in [7, 11) is 0. The third-order valence-electron chi connectivity index (χ3n) is 2.74. The molecule has 0 aliphatic heterocycles. The van der Waals surface area contributed by atoms with Crippen LogP contribution in [0.2, 0.25) is 0 Å². The van der Waals surface area contributed by atoms with E-state index in [1.54, 1.807) is 19.2 Å². The van der Waals surface area contributed by atoms with Crippen molar-refractivity contribution < 1.29 is 19.6 Å². The zero-order valence-electron chi connectivity index (χ0n) is 11.7. The topological polar surface area (TPSA) is 101 Å². The van der Waals surface area contributed by atoms with E-state index in [-0.39, 0.29) is 17.8 Å². The summed E-state index contributed by atoms with van der Waals surface area (Å²) in [5, 5.41) is 19.9. The largest absolute Gasteiger partial charge is 0.480 e. The lowest BCUT2D eigenvalue weighted by Gasteiger charge is -2.20. The lowest BCUT2D eigenvalue weighted by Crippen LogP contribution is -2.36. The maximum Gasteiger partial charge on any atom is 0.323 e. The number of carbonyl (C=O) groups excluding carboxylic acids is 1. The Labute approximate surface area is 126 Å². The fourth-order valence-corrected chi connectivity index (χ4v) is 2.27. The Kier molecular flexibility index (Phi) is 6.16. The van der Waals surface area contributed by atoms with Crippen LogP contribution in [-0.2, 0) is 4.79 Å². The zero-order valence-corrected chi connectivity index (χ0v) is 12.6. The van der Waals surface area contributed by atoms with E-state index in [1.807, 2.05) is 0 Å². The van der Waals surface area contributed by atoms with Crippen molar-refractivity contribution in [1.29, 1.82) is 0 Å². The van der Waals surface area contributed by atoms with Gasteiger partial charge in [0, 0.05) is 17.5 Å². The molecule has 114 valence electrons. The molecule has 1 rings (SSSR count). The van der Waals surface area contributed by atoms with E-state index in [0.717, 1.165) is 4.90 Å². The fraction of sp³-hybridized carbons (Fsp3) is 0.385. The number of amides is 1. The minimum Gasteiger partial charge on any atom is -0.480 e. The van der Waals surface area contributed by atoms with Gasteiger partial charge in [-0.15, -0.1) is 11.8 Å². The maximum atomic E-state index is 12.4. The highest BCUT2D eigenvalue weighted by Gasteiger charge is 2.26. The van der Waals surface area contributed by atoms with Gasteiger partial charge in [-0.3, -0.25) is 19.7 Å². The first-order valence-corrected chi connectivity index (χ1v) is 7.46. The first-order valence-electron chi connectivity index (χ1n) is 6.24. The molecule has 0 saturated heterocycles. The van der Waals surface area contributed by atoms with E-state index in [1.165, 1.54) is 23.9 Å². The Bertz CT molecular complexity index is 561. The molecule has 0 atom stereocenters. The summed E-state index contributed by atoms with van der Waals surface area (Å²) in [5.41, 5.74) is -0.397. The van der Waals surface area contributed by atoms with Gasteiger partial charge >= 0.3 is 5.97 Å². The van der Waals surface area contributed by atoms with Crippen LogP contribution in [-0.4, -0.2) is 46.2 Å². The molecule has 0 spiro atoms. The molecule has 0 aliphatic carbocycles. The van der Waals surface area contributed by atoms with Crippen molar-refractivity contribution in [3.05, 3.63) is 33.9 Å². The summed E-state index contributed by atoms with van der Waals surface area (Å²) in [6.45, 7) is 1.55. The normalized spacial score (nSPS) is 10.2. The zero-order chi connectivity index (χ0) is 16.0. The van der Waals surface area contributed by atoms with Crippen LogP contribution < -0.4 is 0 Å². The lowest BCUT2D eigenvalue weighted by atomic mass is 10.1. The predicted octanol–water partition coefficient (Wildman–Crippen LogP) is 2.25. The summed E-state index contributed by atoms with van der Waals surface area (Å²) in [4.78, 5) is 35.5. The Morgan fingerprint density at radius 2 is 2.10 bits per heavy atom. The van der Waals surface area contributed by atoms with Crippen LogP contribution in [0.5, 0.6) is 0 Å². The van der Waals surface area contributed by atoms with Crippen LogP contribution in [0.1, 0.15) is 23.7 Å². The molecule has 7 nitrogen and oxygen atoms in total. The van der Waals surface area contributed by atoms with Gasteiger partial charge in [0.1, 0.15) is 12.1 Å². The molecule has 0 aromatic heterocycles. The highest BCUT2D eigenvalue weighted by molar-refractivity contribution is 7.98. The van der Waals surface area contributed by atoms with Crippen LogP contribution in [0.15, 0.2) is 23.1 Å². The standard InChI is InChI=1S/C13H16N2O5S/c1-3-6-14(8-12(16)17)13(18)10-7-9(21-2)4-5-11(10)15(19)20/h4-5,7H,3,6,8H2,1-2H3,(H,16,17). The van der Waals surface area contributed by atoms with E-state index < -0.39 is 23.3 Å². The van der Waals surface area contributed by atoms with Crippen LogP contribution in [0.4, 0.5) is 5.69 Å². The number of rotatable bonds is 7. The van der Waals surface area contributed by atoms with E-state index in [4.69, 9.17) is 5.11 Å². The van der Waals surface area contributed by atoms with Crippen molar-refractivity contribution in [3.63, 3.8) is 0 Å². The van der Waals surface area contributed by atoms with Crippen LogP contribution in [0.3, 0.4) is 0 Å².